The molecule has 1 unspecified atom stereocenters. The molecule has 0 aromatic rings. The molecule has 2 aliphatic rings. The maximum atomic E-state index is 4.43. The number of nitrogens with zero attached hydrogens (tertiary/aromatic N) is 2. The molecular weight excluding hydrogens is 357 g/mol. The topological polar surface area (TPSA) is 27.6 Å². The molecule has 0 aromatic carbocycles. The molecule has 0 radical (unpaired) electrons. The van der Waals surface area contributed by atoms with Crippen molar-refractivity contribution in [1.82, 2.24) is 10.2 Å². The zero-order chi connectivity index (χ0) is 12.1. The van der Waals surface area contributed by atoms with Gasteiger partial charge in [0, 0.05) is 37.7 Å². The molecule has 2 fully saturated rings. The monoisotopic (exact) mass is 383 g/mol. The van der Waals surface area contributed by atoms with Gasteiger partial charge in [-0.1, -0.05) is 13.3 Å². The molecule has 3 nitrogen and oxygen atoms in total. The summed E-state index contributed by atoms with van der Waals surface area (Å²) in [6.45, 7) is 5.70. The fraction of sp³-hybridized carbons (Fsp3) is 0.923. The Morgan fingerprint density at radius 1 is 1.44 bits per heavy atom. The van der Waals surface area contributed by atoms with Crippen LogP contribution >= 0.6 is 35.7 Å². The van der Waals surface area contributed by atoms with E-state index >= 15 is 0 Å². The number of thioether (sulfide) groups is 1. The van der Waals surface area contributed by atoms with Gasteiger partial charge in [-0.2, -0.15) is 11.8 Å². The van der Waals surface area contributed by atoms with E-state index in [9.17, 15) is 0 Å². The highest BCUT2D eigenvalue weighted by Crippen LogP contribution is 2.25. The number of halogens is 1. The minimum atomic E-state index is 0. The summed E-state index contributed by atoms with van der Waals surface area (Å²) in [5.41, 5.74) is 0. The fourth-order valence-electron chi connectivity index (χ4n) is 2.42. The lowest BCUT2D eigenvalue weighted by Gasteiger charge is -2.35. The number of hydrogen-bond donors (Lipinski definition) is 1. The van der Waals surface area contributed by atoms with E-state index in [1.165, 1.54) is 31.4 Å². The van der Waals surface area contributed by atoms with E-state index in [1.807, 2.05) is 7.05 Å². The van der Waals surface area contributed by atoms with Crippen molar-refractivity contribution in [2.24, 2.45) is 10.9 Å². The second-order valence-electron chi connectivity index (χ2n) is 5.07. The average molecular weight is 383 g/mol. The quantitative estimate of drug-likeness (QED) is 0.462. The zero-order valence-corrected chi connectivity index (χ0v) is 14.7. The summed E-state index contributed by atoms with van der Waals surface area (Å²) in [4.78, 5) is 6.87. The van der Waals surface area contributed by atoms with Gasteiger partial charge in [-0.15, -0.1) is 24.0 Å². The molecule has 106 valence electrons. The molecule has 5 heteroatoms. The first-order valence-electron chi connectivity index (χ1n) is 6.90. The number of aliphatic imine (C=N–C) groups is 1. The number of nitrogens with one attached hydrogen (secondary N) is 1. The van der Waals surface area contributed by atoms with Gasteiger partial charge in [-0.05, 0) is 25.2 Å². The van der Waals surface area contributed by atoms with Crippen LogP contribution in [0.2, 0.25) is 0 Å². The van der Waals surface area contributed by atoms with Gasteiger partial charge in [-0.25, -0.2) is 0 Å². The highest BCUT2D eigenvalue weighted by molar-refractivity contribution is 14.0. The molecule has 0 amide bonds. The Hall–Kier alpha value is 0.350. The van der Waals surface area contributed by atoms with Crippen molar-refractivity contribution in [2.45, 2.75) is 37.9 Å². The van der Waals surface area contributed by atoms with Gasteiger partial charge in [0.25, 0.3) is 0 Å². The van der Waals surface area contributed by atoms with Crippen LogP contribution in [0.1, 0.15) is 32.6 Å². The van der Waals surface area contributed by atoms with E-state index in [-0.39, 0.29) is 24.0 Å². The Morgan fingerprint density at radius 3 is 2.78 bits per heavy atom. The lowest BCUT2D eigenvalue weighted by atomic mass is 9.85. The van der Waals surface area contributed by atoms with Crippen molar-refractivity contribution in [1.29, 1.82) is 0 Å². The molecule has 1 aliphatic heterocycles. The maximum absolute atomic E-state index is 4.43. The third-order valence-electron chi connectivity index (χ3n) is 3.88. The minimum absolute atomic E-state index is 0. The van der Waals surface area contributed by atoms with Crippen LogP contribution in [0.4, 0.5) is 0 Å². The van der Waals surface area contributed by atoms with Crippen molar-refractivity contribution in [3.05, 3.63) is 0 Å². The molecule has 1 atom stereocenters. The van der Waals surface area contributed by atoms with Crippen LogP contribution in [-0.4, -0.2) is 48.5 Å². The van der Waals surface area contributed by atoms with Crippen LogP contribution < -0.4 is 5.32 Å². The van der Waals surface area contributed by atoms with Crippen LogP contribution in [0.3, 0.4) is 0 Å². The Kier molecular flexibility index (Phi) is 7.75. The highest BCUT2D eigenvalue weighted by atomic mass is 127. The van der Waals surface area contributed by atoms with Gasteiger partial charge in [0.15, 0.2) is 5.96 Å². The molecule has 1 saturated carbocycles. The van der Waals surface area contributed by atoms with Crippen LogP contribution in [0.25, 0.3) is 0 Å². The molecule has 2 rings (SSSR count). The predicted octanol–water partition coefficient (Wildman–Crippen LogP) is 2.81. The third kappa shape index (κ3) is 4.47. The molecule has 1 aliphatic carbocycles. The number of hydrogen-bond acceptors (Lipinski definition) is 2. The van der Waals surface area contributed by atoms with Crippen molar-refractivity contribution in [3.63, 3.8) is 0 Å². The van der Waals surface area contributed by atoms with Gasteiger partial charge in [0.05, 0.1) is 0 Å². The van der Waals surface area contributed by atoms with Crippen molar-refractivity contribution < 1.29 is 0 Å². The van der Waals surface area contributed by atoms with Crippen LogP contribution in [0, 0.1) is 5.92 Å². The highest BCUT2D eigenvalue weighted by Gasteiger charge is 2.23. The second-order valence-corrected chi connectivity index (χ2v) is 6.48. The van der Waals surface area contributed by atoms with Gasteiger partial charge < -0.3 is 10.2 Å². The van der Waals surface area contributed by atoms with E-state index in [0.717, 1.165) is 36.8 Å². The first-order valence-corrected chi connectivity index (χ1v) is 7.95. The molecule has 1 N–H and O–H groups in total. The summed E-state index contributed by atoms with van der Waals surface area (Å²) >= 11 is 2.11. The third-order valence-corrected chi connectivity index (χ3v) is 5.25. The Morgan fingerprint density at radius 2 is 2.22 bits per heavy atom. The van der Waals surface area contributed by atoms with E-state index in [4.69, 9.17) is 0 Å². The lowest BCUT2D eigenvalue weighted by Crippen LogP contribution is -2.49. The largest absolute Gasteiger partial charge is 0.356 e. The minimum Gasteiger partial charge on any atom is -0.356 e. The van der Waals surface area contributed by atoms with E-state index in [1.54, 1.807) is 0 Å². The maximum Gasteiger partial charge on any atom is 0.193 e. The van der Waals surface area contributed by atoms with Gasteiger partial charge >= 0.3 is 0 Å². The first kappa shape index (κ1) is 16.4. The Labute approximate surface area is 133 Å². The zero-order valence-electron chi connectivity index (χ0n) is 11.5. The summed E-state index contributed by atoms with van der Waals surface area (Å²) in [5, 5.41) is 4.34. The molecule has 18 heavy (non-hydrogen) atoms. The Balaban J connectivity index is 0.00000162. The number of guanidine groups is 1. The lowest BCUT2D eigenvalue weighted by molar-refractivity contribution is 0.308. The summed E-state index contributed by atoms with van der Waals surface area (Å²) in [6.07, 6.45) is 5.48. The summed E-state index contributed by atoms with van der Waals surface area (Å²) in [5.74, 6) is 3.26. The normalized spacial score (nSPS) is 25.3. The van der Waals surface area contributed by atoms with Crippen molar-refractivity contribution >= 4 is 41.7 Å². The van der Waals surface area contributed by atoms with Crippen molar-refractivity contribution in [3.8, 4) is 0 Å². The molecule has 0 bridgehead atoms. The van der Waals surface area contributed by atoms with E-state index in [0.29, 0.717) is 0 Å². The standard InChI is InChI=1S/C13H25N3S.HI/c1-3-12-10-16(7-8-17-12)13(14-2)15-9-11-5-4-6-11;/h11-12H,3-10H2,1-2H3,(H,14,15);1H. The van der Waals surface area contributed by atoms with Crippen molar-refractivity contribution in [2.75, 3.05) is 32.4 Å². The number of rotatable bonds is 3. The second kappa shape index (κ2) is 8.51. The summed E-state index contributed by atoms with van der Waals surface area (Å²) < 4.78 is 0. The van der Waals surface area contributed by atoms with Crippen LogP contribution in [0.15, 0.2) is 4.99 Å². The van der Waals surface area contributed by atoms with Crippen LogP contribution in [0.5, 0.6) is 0 Å². The average Bonchev–Trinajstić information content (AvgIpc) is 2.32. The SMILES string of the molecule is CCC1CN(C(=NC)NCC2CCC2)CCS1.I. The first-order chi connectivity index (χ1) is 8.33. The van der Waals surface area contributed by atoms with Gasteiger partial charge in [0.1, 0.15) is 0 Å². The summed E-state index contributed by atoms with van der Waals surface area (Å²) in [6, 6.07) is 0. The predicted molar refractivity (Wildman–Crippen MR) is 92.2 cm³/mol. The summed E-state index contributed by atoms with van der Waals surface area (Å²) in [7, 11) is 1.91. The Bertz CT molecular complexity index is 269. The molecule has 1 heterocycles. The molecule has 1 saturated heterocycles. The molecule has 0 spiro atoms. The fourth-order valence-corrected chi connectivity index (χ4v) is 3.60. The van der Waals surface area contributed by atoms with E-state index in [2.05, 4.69) is 33.9 Å². The molecule has 0 aromatic heterocycles. The smallest absolute Gasteiger partial charge is 0.193 e. The van der Waals surface area contributed by atoms with E-state index < -0.39 is 0 Å². The van der Waals surface area contributed by atoms with Gasteiger partial charge in [0.2, 0.25) is 0 Å². The van der Waals surface area contributed by atoms with Crippen LogP contribution in [-0.2, 0) is 0 Å². The van der Waals surface area contributed by atoms with Gasteiger partial charge in [-0.3, -0.25) is 4.99 Å². The molecular formula is C13H26IN3S.